The Bertz CT molecular complexity index is 1160. The standard InChI is InChI=1S/C31H33BrO4/c1-4-34-30(33)20-35-28-13-9-8-12-25(28)31-26(21(2)3)19-27(23-14-16-24(32)17-15-23)29(36-31)18-22-10-6-5-7-11-22/h5-17,26-27,29,31H,2,4,18-20H2,1,3H3/t26-,27+,29+,31-/m0/s1. The molecule has 0 bridgehead atoms. The van der Waals surface area contributed by atoms with E-state index in [0.717, 1.165) is 28.5 Å². The van der Waals surface area contributed by atoms with Crippen molar-refractivity contribution in [3.63, 3.8) is 0 Å². The van der Waals surface area contributed by atoms with Crippen LogP contribution in [0.2, 0.25) is 0 Å². The minimum atomic E-state index is -0.384. The first-order valence-electron chi connectivity index (χ1n) is 12.4. The maximum atomic E-state index is 12.0. The van der Waals surface area contributed by atoms with Gasteiger partial charge in [0.1, 0.15) is 5.75 Å². The van der Waals surface area contributed by atoms with E-state index >= 15 is 0 Å². The average molecular weight is 550 g/mol. The van der Waals surface area contributed by atoms with Crippen LogP contribution in [0.5, 0.6) is 5.75 Å². The van der Waals surface area contributed by atoms with Gasteiger partial charge in [0.15, 0.2) is 6.61 Å². The Morgan fingerprint density at radius 1 is 1.03 bits per heavy atom. The number of benzene rings is 3. The summed E-state index contributed by atoms with van der Waals surface area (Å²) >= 11 is 3.56. The Labute approximate surface area is 222 Å². The highest BCUT2D eigenvalue weighted by Gasteiger charge is 2.40. The summed E-state index contributed by atoms with van der Waals surface area (Å²) < 4.78 is 19.0. The zero-order chi connectivity index (χ0) is 25.5. The van der Waals surface area contributed by atoms with Gasteiger partial charge in [-0.3, -0.25) is 0 Å². The summed E-state index contributed by atoms with van der Waals surface area (Å²) in [5.74, 6) is 0.565. The van der Waals surface area contributed by atoms with Gasteiger partial charge in [-0.15, -0.1) is 0 Å². The van der Waals surface area contributed by atoms with Gasteiger partial charge >= 0.3 is 5.97 Å². The molecule has 0 N–H and O–H groups in total. The van der Waals surface area contributed by atoms with E-state index in [-0.39, 0.29) is 36.6 Å². The van der Waals surface area contributed by atoms with Crippen LogP contribution in [0.1, 0.15) is 49.0 Å². The second kappa shape index (κ2) is 12.4. The first kappa shape index (κ1) is 26.2. The number of hydrogen-bond acceptors (Lipinski definition) is 4. The van der Waals surface area contributed by atoms with Crippen LogP contribution in [0.25, 0.3) is 0 Å². The van der Waals surface area contributed by atoms with Crippen molar-refractivity contribution < 1.29 is 19.0 Å². The van der Waals surface area contributed by atoms with Gasteiger partial charge < -0.3 is 14.2 Å². The van der Waals surface area contributed by atoms with E-state index in [4.69, 9.17) is 14.2 Å². The first-order valence-corrected chi connectivity index (χ1v) is 13.2. The zero-order valence-corrected chi connectivity index (χ0v) is 22.4. The zero-order valence-electron chi connectivity index (χ0n) is 20.9. The number of ether oxygens (including phenoxy) is 3. The summed E-state index contributed by atoms with van der Waals surface area (Å²) in [6.45, 7) is 8.38. The molecule has 4 nitrogen and oxygen atoms in total. The summed E-state index contributed by atoms with van der Waals surface area (Å²) in [5, 5.41) is 0. The molecule has 1 fully saturated rings. The Kier molecular flexibility index (Phi) is 9.00. The van der Waals surface area contributed by atoms with E-state index in [1.807, 2.05) is 30.3 Å². The van der Waals surface area contributed by atoms with Crippen LogP contribution in [0, 0.1) is 5.92 Å². The van der Waals surface area contributed by atoms with Gasteiger partial charge in [0.2, 0.25) is 0 Å². The summed E-state index contributed by atoms with van der Waals surface area (Å²) in [6.07, 6.45) is 1.44. The molecule has 1 aliphatic rings. The third kappa shape index (κ3) is 6.45. The molecular weight excluding hydrogens is 516 g/mol. The monoisotopic (exact) mass is 548 g/mol. The van der Waals surface area contributed by atoms with Crippen molar-refractivity contribution in [2.45, 2.75) is 44.8 Å². The summed E-state index contributed by atoms with van der Waals surface area (Å²) in [4.78, 5) is 12.0. The molecule has 36 heavy (non-hydrogen) atoms. The predicted octanol–water partition coefficient (Wildman–Crippen LogP) is 7.44. The summed E-state index contributed by atoms with van der Waals surface area (Å²) in [7, 11) is 0. The molecule has 4 rings (SSSR count). The van der Waals surface area contributed by atoms with Crippen LogP contribution in [-0.4, -0.2) is 25.3 Å². The maximum Gasteiger partial charge on any atom is 0.344 e. The highest BCUT2D eigenvalue weighted by Crippen LogP contribution is 2.48. The van der Waals surface area contributed by atoms with Crippen LogP contribution >= 0.6 is 15.9 Å². The SMILES string of the molecule is C=C(C)[C@@H]1C[C@H](c2ccc(Br)cc2)[C@@H](Cc2ccccc2)O[C@H]1c1ccccc1OCC(=O)OCC. The molecule has 0 saturated carbocycles. The van der Waals surface area contributed by atoms with Gasteiger partial charge in [0.05, 0.1) is 18.8 Å². The molecule has 0 radical (unpaired) electrons. The Morgan fingerprint density at radius 3 is 2.42 bits per heavy atom. The number of rotatable bonds is 9. The third-order valence-corrected chi connectivity index (χ3v) is 7.26. The second-order valence-corrected chi connectivity index (χ2v) is 10.2. The highest BCUT2D eigenvalue weighted by atomic mass is 79.9. The van der Waals surface area contributed by atoms with Crippen LogP contribution < -0.4 is 4.74 Å². The molecule has 0 aliphatic carbocycles. The lowest BCUT2D eigenvalue weighted by molar-refractivity contribution is -0.145. The van der Waals surface area contributed by atoms with Gasteiger partial charge in [-0.2, -0.15) is 0 Å². The molecule has 3 aromatic rings. The fourth-order valence-electron chi connectivity index (χ4n) is 4.96. The molecule has 188 valence electrons. The van der Waals surface area contributed by atoms with Crippen LogP contribution in [0.4, 0.5) is 0 Å². The number of para-hydroxylation sites is 1. The van der Waals surface area contributed by atoms with Gasteiger partial charge in [0, 0.05) is 21.9 Å². The molecule has 0 unspecified atom stereocenters. The van der Waals surface area contributed by atoms with E-state index in [2.05, 4.69) is 78.0 Å². The molecule has 0 aromatic heterocycles. The molecule has 1 aliphatic heterocycles. The Balaban J connectivity index is 1.68. The van der Waals surface area contributed by atoms with Gasteiger partial charge in [0.25, 0.3) is 0 Å². The molecule has 4 atom stereocenters. The molecule has 1 saturated heterocycles. The largest absolute Gasteiger partial charge is 0.482 e. The molecular formula is C31H33BrO4. The molecule has 1 heterocycles. The highest BCUT2D eigenvalue weighted by molar-refractivity contribution is 9.10. The Hall–Kier alpha value is -2.89. The van der Waals surface area contributed by atoms with Crippen molar-refractivity contribution in [2.75, 3.05) is 13.2 Å². The molecule has 0 spiro atoms. The van der Waals surface area contributed by atoms with E-state index in [0.29, 0.717) is 12.4 Å². The van der Waals surface area contributed by atoms with E-state index in [9.17, 15) is 4.79 Å². The topological polar surface area (TPSA) is 44.8 Å². The fourth-order valence-corrected chi connectivity index (χ4v) is 5.22. The minimum absolute atomic E-state index is 0.0349. The lowest BCUT2D eigenvalue weighted by Crippen LogP contribution is -2.37. The Morgan fingerprint density at radius 2 is 1.72 bits per heavy atom. The minimum Gasteiger partial charge on any atom is -0.482 e. The average Bonchev–Trinajstić information content (AvgIpc) is 2.89. The van der Waals surface area contributed by atoms with Gasteiger partial charge in [-0.25, -0.2) is 4.79 Å². The third-order valence-electron chi connectivity index (χ3n) is 6.73. The van der Waals surface area contributed by atoms with E-state index < -0.39 is 0 Å². The lowest BCUT2D eigenvalue weighted by Gasteiger charge is -2.43. The van der Waals surface area contributed by atoms with Crippen molar-refractivity contribution in [3.05, 3.63) is 112 Å². The molecule has 5 heteroatoms. The van der Waals surface area contributed by atoms with E-state index in [1.54, 1.807) is 6.92 Å². The number of carbonyl (C=O) groups is 1. The molecule has 0 amide bonds. The van der Waals surface area contributed by atoms with Crippen molar-refractivity contribution in [3.8, 4) is 5.75 Å². The normalized spacial score (nSPS) is 21.5. The lowest BCUT2D eigenvalue weighted by atomic mass is 9.74. The van der Waals surface area contributed by atoms with Crippen molar-refractivity contribution in [1.82, 2.24) is 0 Å². The quantitative estimate of drug-likeness (QED) is 0.206. The molecule has 3 aromatic carbocycles. The van der Waals surface area contributed by atoms with E-state index in [1.165, 1.54) is 11.1 Å². The summed E-state index contributed by atoms with van der Waals surface area (Å²) in [6, 6.07) is 26.8. The second-order valence-electron chi connectivity index (χ2n) is 9.26. The number of hydrogen-bond donors (Lipinski definition) is 0. The van der Waals surface area contributed by atoms with Crippen molar-refractivity contribution in [2.24, 2.45) is 5.92 Å². The number of halogens is 1. The van der Waals surface area contributed by atoms with Gasteiger partial charge in [-0.1, -0.05) is 88.7 Å². The van der Waals surface area contributed by atoms with Crippen LogP contribution in [0.3, 0.4) is 0 Å². The van der Waals surface area contributed by atoms with Crippen LogP contribution in [-0.2, 0) is 20.7 Å². The fraction of sp³-hybridized carbons (Fsp3) is 0.323. The van der Waals surface area contributed by atoms with Crippen molar-refractivity contribution in [1.29, 1.82) is 0 Å². The smallest absolute Gasteiger partial charge is 0.344 e. The maximum absolute atomic E-state index is 12.0. The number of esters is 1. The van der Waals surface area contributed by atoms with Crippen LogP contribution in [0.15, 0.2) is 95.5 Å². The van der Waals surface area contributed by atoms with Crippen molar-refractivity contribution >= 4 is 21.9 Å². The predicted molar refractivity (Wildman–Crippen MR) is 146 cm³/mol. The number of carbonyl (C=O) groups excluding carboxylic acids is 1. The van der Waals surface area contributed by atoms with Gasteiger partial charge in [-0.05, 0) is 56.0 Å². The first-order chi connectivity index (χ1) is 17.5. The summed E-state index contributed by atoms with van der Waals surface area (Å²) in [5.41, 5.74) is 4.50.